The average Bonchev–Trinajstić information content (AvgIpc) is 3.33. The van der Waals surface area contributed by atoms with E-state index in [1.54, 1.807) is 38.3 Å². The van der Waals surface area contributed by atoms with Crippen LogP contribution in [0.25, 0.3) is 22.4 Å². The number of benzene rings is 1. The first-order valence-electron chi connectivity index (χ1n) is 10.1. The van der Waals surface area contributed by atoms with Crippen molar-refractivity contribution in [2.45, 2.75) is 33.8 Å². The Kier molecular flexibility index (Phi) is 5.80. The normalized spacial score (nSPS) is 12.0. The van der Waals surface area contributed by atoms with Crippen LogP contribution in [0.1, 0.15) is 32.7 Å². The van der Waals surface area contributed by atoms with E-state index in [4.69, 9.17) is 9.26 Å². The van der Waals surface area contributed by atoms with Gasteiger partial charge in [0.1, 0.15) is 0 Å². The summed E-state index contributed by atoms with van der Waals surface area (Å²) in [5.41, 5.74) is 3.30. The van der Waals surface area contributed by atoms with Crippen LogP contribution in [0.15, 0.2) is 47.0 Å². The fraction of sp³-hybridized carbons (Fsp3) is 0.250. The Labute approximate surface area is 189 Å². The van der Waals surface area contributed by atoms with Crippen LogP contribution in [0.2, 0.25) is 0 Å². The number of carbonyl (C=O) groups excluding carboxylic acids is 2. The van der Waals surface area contributed by atoms with Gasteiger partial charge in [-0.2, -0.15) is 0 Å². The summed E-state index contributed by atoms with van der Waals surface area (Å²) in [6.45, 7) is 7.32. The highest BCUT2D eigenvalue weighted by Gasteiger charge is 2.26. The molecule has 0 spiro atoms. The van der Waals surface area contributed by atoms with E-state index in [-0.39, 0.29) is 17.2 Å². The van der Waals surface area contributed by atoms with Gasteiger partial charge in [-0.05, 0) is 52.0 Å². The van der Waals surface area contributed by atoms with Crippen LogP contribution in [0.3, 0.4) is 0 Å². The number of thiophene rings is 1. The summed E-state index contributed by atoms with van der Waals surface area (Å²) in [5.74, 6) is -0.960. The number of fused-ring (bicyclic) bond motifs is 1. The summed E-state index contributed by atoms with van der Waals surface area (Å²) >= 11 is 1.65. The number of para-hydroxylation sites is 1. The molecule has 8 heteroatoms. The monoisotopic (exact) mass is 449 g/mol. The maximum absolute atomic E-state index is 13.2. The minimum Gasteiger partial charge on any atom is -0.449 e. The molecule has 1 amide bonds. The number of aromatic nitrogens is 2. The highest BCUT2D eigenvalue weighted by molar-refractivity contribution is 7.12. The molecule has 0 saturated carbocycles. The lowest BCUT2D eigenvalue weighted by atomic mass is 10.1. The quantitative estimate of drug-likeness (QED) is 0.395. The van der Waals surface area contributed by atoms with E-state index in [0.717, 1.165) is 15.3 Å². The third-order valence-electron chi connectivity index (χ3n) is 5.26. The first-order valence-corrected chi connectivity index (χ1v) is 11.0. The van der Waals surface area contributed by atoms with Crippen LogP contribution in [0.5, 0.6) is 0 Å². The molecule has 0 bridgehead atoms. The van der Waals surface area contributed by atoms with Gasteiger partial charge < -0.3 is 14.2 Å². The largest absolute Gasteiger partial charge is 0.449 e. The van der Waals surface area contributed by atoms with Gasteiger partial charge >= 0.3 is 5.97 Å². The number of esters is 1. The Hall–Kier alpha value is -3.52. The lowest BCUT2D eigenvalue weighted by Gasteiger charge is -2.21. The maximum atomic E-state index is 13.2. The molecule has 0 aliphatic heterocycles. The van der Waals surface area contributed by atoms with E-state index in [9.17, 15) is 9.59 Å². The van der Waals surface area contributed by atoms with Crippen molar-refractivity contribution in [3.8, 4) is 11.3 Å². The number of anilines is 1. The number of pyridine rings is 1. The third kappa shape index (κ3) is 4.01. The second-order valence-corrected chi connectivity index (χ2v) is 9.07. The lowest BCUT2D eigenvalue weighted by Crippen LogP contribution is -2.37. The molecule has 0 aliphatic carbocycles. The second kappa shape index (κ2) is 8.55. The summed E-state index contributed by atoms with van der Waals surface area (Å²) in [7, 11) is 1.65. The Morgan fingerprint density at radius 3 is 2.50 bits per heavy atom. The second-order valence-electron chi connectivity index (χ2n) is 7.61. The summed E-state index contributed by atoms with van der Waals surface area (Å²) in [5, 5.41) is 4.45. The van der Waals surface area contributed by atoms with Crippen molar-refractivity contribution in [2.24, 2.45) is 0 Å². The van der Waals surface area contributed by atoms with Crippen LogP contribution in [-0.2, 0) is 9.53 Å². The van der Waals surface area contributed by atoms with E-state index in [2.05, 4.69) is 10.1 Å². The topological polar surface area (TPSA) is 85.5 Å². The molecule has 1 unspecified atom stereocenters. The minimum absolute atomic E-state index is 0.260. The van der Waals surface area contributed by atoms with Gasteiger partial charge in [0.2, 0.25) is 0 Å². The molecule has 3 aromatic heterocycles. The molecular formula is C24H23N3O4S. The van der Waals surface area contributed by atoms with Gasteiger partial charge in [-0.15, -0.1) is 11.3 Å². The molecule has 0 saturated heterocycles. The van der Waals surface area contributed by atoms with E-state index in [0.29, 0.717) is 22.5 Å². The highest BCUT2D eigenvalue weighted by Crippen LogP contribution is 2.33. The van der Waals surface area contributed by atoms with Gasteiger partial charge in [-0.3, -0.25) is 4.79 Å². The van der Waals surface area contributed by atoms with Crippen LogP contribution in [-0.4, -0.2) is 35.2 Å². The van der Waals surface area contributed by atoms with Gasteiger partial charge in [0, 0.05) is 28.1 Å². The standard InChI is InChI=1S/C24H23N3O4S/c1-13-11-18(16(4)32-13)20-12-19(21-14(2)26-31-22(21)25-20)24(29)30-15(3)23(28)27(5)17-9-7-6-8-10-17/h6-12,15H,1-5H3. The molecule has 32 heavy (non-hydrogen) atoms. The Bertz CT molecular complexity index is 1310. The first-order chi connectivity index (χ1) is 15.3. The molecule has 4 aromatic rings. The lowest BCUT2D eigenvalue weighted by molar-refractivity contribution is -0.126. The van der Waals surface area contributed by atoms with Crippen molar-refractivity contribution in [1.82, 2.24) is 10.1 Å². The summed E-state index contributed by atoms with van der Waals surface area (Å²) < 4.78 is 10.9. The zero-order valence-corrected chi connectivity index (χ0v) is 19.3. The highest BCUT2D eigenvalue weighted by atomic mass is 32.1. The van der Waals surface area contributed by atoms with Crippen molar-refractivity contribution in [3.63, 3.8) is 0 Å². The molecule has 1 aromatic carbocycles. The van der Waals surface area contributed by atoms with E-state index >= 15 is 0 Å². The van der Waals surface area contributed by atoms with Crippen molar-refractivity contribution in [2.75, 3.05) is 11.9 Å². The van der Waals surface area contributed by atoms with Crippen LogP contribution in [0, 0.1) is 20.8 Å². The fourth-order valence-electron chi connectivity index (χ4n) is 3.60. The molecule has 3 heterocycles. The predicted molar refractivity (Wildman–Crippen MR) is 124 cm³/mol. The Morgan fingerprint density at radius 2 is 1.84 bits per heavy atom. The number of nitrogens with zero attached hydrogens (tertiary/aromatic N) is 3. The number of aryl methyl sites for hydroxylation is 3. The predicted octanol–water partition coefficient (Wildman–Crippen LogP) is 5.08. The Morgan fingerprint density at radius 1 is 1.12 bits per heavy atom. The van der Waals surface area contributed by atoms with Crippen molar-refractivity contribution in [1.29, 1.82) is 0 Å². The molecule has 0 fully saturated rings. The van der Waals surface area contributed by atoms with E-state index in [1.165, 1.54) is 4.90 Å². The molecule has 7 nitrogen and oxygen atoms in total. The molecule has 0 aliphatic rings. The molecule has 0 radical (unpaired) electrons. The third-order valence-corrected chi connectivity index (χ3v) is 6.23. The smallest absolute Gasteiger partial charge is 0.339 e. The van der Waals surface area contributed by atoms with Gasteiger partial charge in [0.25, 0.3) is 11.6 Å². The fourth-order valence-corrected chi connectivity index (χ4v) is 4.54. The summed E-state index contributed by atoms with van der Waals surface area (Å²) in [6.07, 6.45) is -0.982. The summed E-state index contributed by atoms with van der Waals surface area (Å²) in [6, 6.07) is 12.9. The number of amides is 1. The van der Waals surface area contributed by atoms with Crippen molar-refractivity contribution in [3.05, 3.63) is 63.5 Å². The summed E-state index contributed by atoms with van der Waals surface area (Å²) in [4.78, 5) is 34.2. The number of ether oxygens (including phenoxy) is 1. The zero-order valence-electron chi connectivity index (χ0n) is 18.5. The van der Waals surface area contributed by atoms with Gasteiger partial charge in [0.15, 0.2) is 6.10 Å². The number of likely N-dealkylation sites (N-methyl/N-ethyl adjacent to an activating group) is 1. The van der Waals surface area contributed by atoms with Gasteiger partial charge in [0.05, 0.1) is 22.3 Å². The number of carbonyl (C=O) groups is 2. The SMILES string of the molecule is Cc1cc(-c2cc(C(=O)OC(C)C(=O)N(C)c3ccccc3)c3c(C)noc3n2)c(C)s1. The van der Waals surface area contributed by atoms with Crippen molar-refractivity contribution < 1.29 is 18.8 Å². The van der Waals surface area contributed by atoms with Gasteiger partial charge in [-0.25, -0.2) is 9.78 Å². The molecule has 1 atom stereocenters. The number of hydrogen-bond acceptors (Lipinski definition) is 7. The van der Waals surface area contributed by atoms with Gasteiger partial charge in [-0.1, -0.05) is 23.4 Å². The van der Waals surface area contributed by atoms with Crippen molar-refractivity contribution >= 4 is 40.0 Å². The van der Waals surface area contributed by atoms with E-state index in [1.807, 2.05) is 50.2 Å². The molecule has 0 N–H and O–H groups in total. The average molecular weight is 450 g/mol. The minimum atomic E-state index is -0.982. The van der Waals surface area contributed by atoms with Crippen LogP contribution < -0.4 is 4.90 Å². The number of rotatable bonds is 5. The molecular weight excluding hydrogens is 426 g/mol. The van der Waals surface area contributed by atoms with Crippen LogP contribution >= 0.6 is 11.3 Å². The van der Waals surface area contributed by atoms with Crippen LogP contribution in [0.4, 0.5) is 5.69 Å². The first kappa shape index (κ1) is 21.7. The maximum Gasteiger partial charge on any atom is 0.339 e. The molecule has 164 valence electrons. The zero-order chi connectivity index (χ0) is 23.0. The Balaban J connectivity index is 1.66. The van der Waals surface area contributed by atoms with E-state index < -0.39 is 12.1 Å². The molecule has 4 rings (SSSR count). The number of hydrogen-bond donors (Lipinski definition) is 0.